The van der Waals surface area contributed by atoms with Gasteiger partial charge < -0.3 is 9.64 Å². The molecule has 1 heterocycles. The number of carbonyl (C=O) groups is 2. The second kappa shape index (κ2) is 8.73. The highest BCUT2D eigenvalue weighted by atomic mass is 32.2. The lowest BCUT2D eigenvalue weighted by Crippen LogP contribution is -2.38. The summed E-state index contributed by atoms with van der Waals surface area (Å²) in [7, 11) is -1.43. The molecule has 0 atom stereocenters. The van der Waals surface area contributed by atoms with Crippen molar-refractivity contribution >= 4 is 21.9 Å². The number of hydroxylamine groups is 1. The lowest BCUT2D eigenvalue weighted by molar-refractivity contribution is -0.135. The Labute approximate surface area is 169 Å². The number of hydrogen-bond donors (Lipinski definition) is 0. The Kier molecular flexibility index (Phi) is 6.31. The van der Waals surface area contributed by atoms with Crippen molar-refractivity contribution in [3.05, 3.63) is 65.2 Å². The van der Waals surface area contributed by atoms with E-state index in [4.69, 9.17) is 9.57 Å². The third kappa shape index (κ3) is 4.64. The lowest BCUT2D eigenvalue weighted by Gasteiger charge is -2.28. The van der Waals surface area contributed by atoms with Crippen molar-refractivity contribution in [2.45, 2.75) is 17.9 Å². The molecule has 0 unspecified atom stereocenters. The van der Waals surface area contributed by atoms with Crippen molar-refractivity contribution in [3.63, 3.8) is 0 Å². The Morgan fingerprint density at radius 3 is 2.55 bits per heavy atom. The van der Waals surface area contributed by atoms with Crippen molar-refractivity contribution < 1.29 is 27.6 Å². The van der Waals surface area contributed by atoms with Crippen molar-refractivity contribution in [1.29, 1.82) is 0 Å². The summed E-state index contributed by atoms with van der Waals surface area (Å²) in [6, 6.07) is 13.3. The van der Waals surface area contributed by atoms with E-state index in [2.05, 4.69) is 0 Å². The van der Waals surface area contributed by atoms with Crippen LogP contribution in [0.4, 0.5) is 0 Å². The number of rotatable bonds is 6. The van der Waals surface area contributed by atoms with E-state index < -0.39 is 22.6 Å². The standard InChI is InChI=1S/C20H22N2O6S/c1-21(27-2)29(25,26)18-9-5-8-16(12-18)20(24)28-14-19(23)22-11-10-15-6-3-4-7-17(15)13-22/h3-9,12H,10-11,13-14H2,1-2H3. The molecule has 0 spiro atoms. The van der Waals surface area contributed by atoms with Crippen LogP contribution in [0.25, 0.3) is 0 Å². The number of ether oxygens (including phenoxy) is 1. The van der Waals surface area contributed by atoms with Gasteiger partial charge in [-0.05, 0) is 35.7 Å². The van der Waals surface area contributed by atoms with E-state index >= 15 is 0 Å². The van der Waals surface area contributed by atoms with E-state index in [0.29, 0.717) is 17.6 Å². The van der Waals surface area contributed by atoms with Gasteiger partial charge in [0.25, 0.3) is 15.9 Å². The molecule has 0 bridgehead atoms. The molecule has 2 aromatic rings. The van der Waals surface area contributed by atoms with Crippen molar-refractivity contribution in [2.75, 3.05) is 27.3 Å². The molecule has 154 valence electrons. The van der Waals surface area contributed by atoms with Crippen LogP contribution in [0.5, 0.6) is 0 Å². The number of benzene rings is 2. The zero-order chi connectivity index (χ0) is 21.0. The van der Waals surface area contributed by atoms with Crippen LogP contribution in [-0.4, -0.2) is 57.0 Å². The van der Waals surface area contributed by atoms with Gasteiger partial charge in [0.15, 0.2) is 6.61 Å². The normalized spacial score (nSPS) is 13.8. The van der Waals surface area contributed by atoms with Crippen molar-refractivity contribution in [1.82, 2.24) is 9.37 Å². The maximum absolute atomic E-state index is 12.4. The largest absolute Gasteiger partial charge is 0.452 e. The molecular formula is C20H22N2O6S. The first-order valence-corrected chi connectivity index (χ1v) is 10.4. The summed E-state index contributed by atoms with van der Waals surface area (Å²) in [5.74, 6) is -1.07. The summed E-state index contributed by atoms with van der Waals surface area (Å²) in [5.41, 5.74) is 2.33. The van der Waals surface area contributed by atoms with E-state index in [1.54, 1.807) is 4.90 Å². The van der Waals surface area contributed by atoms with Crippen LogP contribution in [-0.2, 0) is 37.4 Å². The van der Waals surface area contributed by atoms with Gasteiger partial charge >= 0.3 is 5.97 Å². The quantitative estimate of drug-likeness (QED) is 0.523. The minimum absolute atomic E-state index is 0.0346. The fourth-order valence-electron chi connectivity index (χ4n) is 3.04. The molecule has 3 rings (SSSR count). The maximum atomic E-state index is 12.4. The van der Waals surface area contributed by atoms with Crippen LogP contribution < -0.4 is 0 Å². The first kappa shape index (κ1) is 21.0. The fourth-order valence-corrected chi connectivity index (χ4v) is 4.06. The molecule has 0 saturated carbocycles. The molecule has 9 heteroatoms. The summed E-state index contributed by atoms with van der Waals surface area (Å²) in [6.45, 7) is 0.629. The molecule has 0 aromatic heterocycles. The third-order valence-corrected chi connectivity index (χ3v) is 6.45. The third-order valence-electron chi connectivity index (χ3n) is 4.77. The average Bonchev–Trinajstić information content (AvgIpc) is 2.76. The summed E-state index contributed by atoms with van der Waals surface area (Å²) in [5, 5.41) is 0. The van der Waals surface area contributed by atoms with Crippen LogP contribution in [0.3, 0.4) is 0 Å². The van der Waals surface area contributed by atoms with Gasteiger partial charge in [-0.3, -0.25) is 9.63 Å². The van der Waals surface area contributed by atoms with Crippen LogP contribution in [0.15, 0.2) is 53.4 Å². The molecule has 0 saturated heterocycles. The Morgan fingerprint density at radius 1 is 1.10 bits per heavy atom. The molecule has 0 radical (unpaired) electrons. The monoisotopic (exact) mass is 418 g/mol. The number of fused-ring (bicyclic) bond motifs is 1. The second-order valence-electron chi connectivity index (χ2n) is 6.54. The summed E-state index contributed by atoms with van der Waals surface area (Å²) in [6.07, 6.45) is 0.753. The number of nitrogens with zero attached hydrogens (tertiary/aromatic N) is 2. The summed E-state index contributed by atoms with van der Waals surface area (Å²) >= 11 is 0. The molecule has 29 heavy (non-hydrogen) atoms. The zero-order valence-corrected chi connectivity index (χ0v) is 17.0. The summed E-state index contributed by atoms with van der Waals surface area (Å²) in [4.78, 5) is 31.0. The van der Waals surface area contributed by atoms with E-state index in [0.717, 1.165) is 12.0 Å². The average molecular weight is 418 g/mol. The fraction of sp³-hybridized carbons (Fsp3) is 0.300. The zero-order valence-electron chi connectivity index (χ0n) is 16.2. The molecule has 0 fully saturated rings. The van der Waals surface area contributed by atoms with Crippen LogP contribution in [0.2, 0.25) is 0 Å². The van der Waals surface area contributed by atoms with E-state index in [1.807, 2.05) is 24.3 Å². The van der Waals surface area contributed by atoms with E-state index in [9.17, 15) is 18.0 Å². The molecule has 1 aliphatic heterocycles. The minimum atomic E-state index is -3.89. The van der Waals surface area contributed by atoms with Crippen molar-refractivity contribution in [2.24, 2.45) is 0 Å². The van der Waals surface area contributed by atoms with E-state index in [-0.39, 0.29) is 16.4 Å². The highest BCUT2D eigenvalue weighted by Gasteiger charge is 2.24. The highest BCUT2D eigenvalue weighted by Crippen LogP contribution is 2.19. The predicted molar refractivity (Wildman–Crippen MR) is 104 cm³/mol. The van der Waals surface area contributed by atoms with Gasteiger partial charge in [0, 0.05) is 20.1 Å². The van der Waals surface area contributed by atoms with Crippen LogP contribution >= 0.6 is 0 Å². The summed E-state index contributed by atoms with van der Waals surface area (Å²) < 4.78 is 30.4. The second-order valence-corrected chi connectivity index (χ2v) is 8.47. The van der Waals surface area contributed by atoms with Gasteiger partial charge in [0.2, 0.25) is 0 Å². The smallest absolute Gasteiger partial charge is 0.338 e. The lowest BCUT2D eigenvalue weighted by atomic mass is 10.00. The SMILES string of the molecule is CON(C)S(=O)(=O)c1cccc(C(=O)OCC(=O)N2CCc3ccccc3C2)c1. The molecule has 2 aromatic carbocycles. The Hall–Kier alpha value is -2.75. The van der Waals surface area contributed by atoms with Crippen molar-refractivity contribution in [3.8, 4) is 0 Å². The number of hydrogen-bond acceptors (Lipinski definition) is 6. The topological polar surface area (TPSA) is 93.2 Å². The number of carbonyl (C=O) groups excluding carboxylic acids is 2. The number of amides is 1. The number of sulfonamides is 1. The predicted octanol–water partition coefficient (Wildman–Crippen LogP) is 1.61. The van der Waals surface area contributed by atoms with Gasteiger partial charge in [0.1, 0.15) is 0 Å². The van der Waals surface area contributed by atoms with Gasteiger partial charge in [-0.2, -0.15) is 0 Å². The highest BCUT2D eigenvalue weighted by molar-refractivity contribution is 7.89. The molecule has 0 N–H and O–H groups in total. The van der Waals surface area contributed by atoms with Crippen LogP contribution in [0, 0.1) is 0 Å². The first-order valence-electron chi connectivity index (χ1n) is 8.97. The number of esters is 1. The Morgan fingerprint density at radius 2 is 1.83 bits per heavy atom. The van der Waals surface area contributed by atoms with Crippen LogP contribution in [0.1, 0.15) is 21.5 Å². The Bertz CT molecular complexity index is 1020. The minimum Gasteiger partial charge on any atom is -0.452 e. The molecule has 8 nitrogen and oxygen atoms in total. The molecule has 1 amide bonds. The van der Waals surface area contributed by atoms with Gasteiger partial charge in [-0.15, -0.1) is 0 Å². The first-order chi connectivity index (χ1) is 13.8. The molecule has 1 aliphatic rings. The van der Waals surface area contributed by atoms with E-state index in [1.165, 1.54) is 44.0 Å². The maximum Gasteiger partial charge on any atom is 0.338 e. The molecule has 0 aliphatic carbocycles. The van der Waals surface area contributed by atoms with Gasteiger partial charge in [-0.1, -0.05) is 34.8 Å². The Balaban J connectivity index is 1.63. The van der Waals surface area contributed by atoms with Gasteiger partial charge in [-0.25, -0.2) is 13.2 Å². The molecular weight excluding hydrogens is 396 g/mol. The van der Waals surface area contributed by atoms with Gasteiger partial charge in [0.05, 0.1) is 17.6 Å².